The van der Waals surface area contributed by atoms with E-state index in [0.717, 1.165) is 5.56 Å². The molecule has 1 rings (SSSR count). The largest absolute Gasteiger partial charge is 0.508 e. The van der Waals surface area contributed by atoms with E-state index in [2.05, 4.69) is 0 Å². The van der Waals surface area contributed by atoms with Gasteiger partial charge in [0.25, 0.3) is 0 Å². The topological polar surface area (TPSA) is 49.7 Å². The molecule has 0 aliphatic heterocycles. The van der Waals surface area contributed by atoms with Gasteiger partial charge in [0.15, 0.2) is 0 Å². The molecular formula is C11H16O3. The number of para-hydroxylation sites is 1. The Morgan fingerprint density at radius 2 is 2.07 bits per heavy atom. The Labute approximate surface area is 84.0 Å². The molecule has 0 aromatic heterocycles. The molecule has 1 aromatic rings. The monoisotopic (exact) mass is 196 g/mol. The van der Waals surface area contributed by atoms with Crippen LogP contribution in [0, 0.1) is 0 Å². The van der Waals surface area contributed by atoms with Crippen LogP contribution in [0.15, 0.2) is 24.3 Å². The molecule has 78 valence electrons. The van der Waals surface area contributed by atoms with Crippen molar-refractivity contribution in [2.75, 3.05) is 13.2 Å². The molecule has 0 amide bonds. The van der Waals surface area contributed by atoms with Crippen LogP contribution in [0.5, 0.6) is 5.75 Å². The maximum Gasteiger partial charge on any atom is 0.118 e. The third-order valence-corrected chi connectivity index (χ3v) is 1.99. The summed E-state index contributed by atoms with van der Waals surface area (Å²) in [5.41, 5.74) is 0.873. The Morgan fingerprint density at radius 3 is 2.71 bits per heavy atom. The number of phenolic OH excluding ortho intramolecular Hbond substituents is 1. The third-order valence-electron chi connectivity index (χ3n) is 1.99. The van der Waals surface area contributed by atoms with Gasteiger partial charge in [-0.05, 0) is 18.6 Å². The summed E-state index contributed by atoms with van der Waals surface area (Å²) in [4.78, 5) is 0. The first-order valence-electron chi connectivity index (χ1n) is 4.73. The van der Waals surface area contributed by atoms with Crippen molar-refractivity contribution >= 4 is 0 Å². The van der Waals surface area contributed by atoms with Gasteiger partial charge in [-0.2, -0.15) is 0 Å². The maximum atomic E-state index is 9.48. The summed E-state index contributed by atoms with van der Waals surface area (Å²) in [5.74, 6) is 0.298. The highest BCUT2D eigenvalue weighted by molar-refractivity contribution is 5.32. The van der Waals surface area contributed by atoms with Gasteiger partial charge < -0.3 is 14.9 Å². The fourth-order valence-electron chi connectivity index (χ4n) is 1.31. The Morgan fingerprint density at radius 1 is 1.36 bits per heavy atom. The number of benzene rings is 1. The van der Waals surface area contributed by atoms with Crippen LogP contribution < -0.4 is 0 Å². The second-order valence-electron chi connectivity index (χ2n) is 3.24. The second-order valence-corrected chi connectivity index (χ2v) is 3.24. The molecule has 2 N–H and O–H groups in total. The van der Waals surface area contributed by atoms with Gasteiger partial charge in [-0.1, -0.05) is 18.2 Å². The van der Waals surface area contributed by atoms with Crippen LogP contribution in [0.4, 0.5) is 0 Å². The third kappa shape index (κ3) is 3.36. The van der Waals surface area contributed by atoms with E-state index in [1.54, 1.807) is 12.1 Å². The molecule has 0 bridgehead atoms. The molecule has 0 saturated carbocycles. The van der Waals surface area contributed by atoms with Gasteiger partial charge in [-0.15, -0.1) is 0 Å². The predicted molar refractivity (Wildman–Crippen MR) is 54.3 cm³/mol. The van der Waals surface area contributed by atoms with Crippen molar-refractivity contribution in [3.63, 3.8) is 0 Å². The molecule has 14 heavy (non-hydrogen) atoms. The van der Waals surface area contributed by atoms with Crippen molar-refractivity contribution in [1.82, 2.24) is 0 Å². The molecule has 1 aromatic carbocycles. The van der Waals surface area contributed by atoms with Gasteiger partial charge in [0.1, 0.15) is 5.75 Å². The average Bonchev–Trinajstić information content (AvgIpc) is 2.18. The first-order chi connectivity index (χ1) is 6.74. The molecule has 0 fully saturated rings. The van der Waals surface area contributed by atoms with Gasteiger partial charge in [-0.25, -0.2) is 0 Å². The van der Waals surface area contributed by atoms with E-state index in [4.69, 9.17) is 9.84 Å². The van der Waals surface area contributed by atoms with E-state index in [1.165, 1.54) is 0 Å². The van der Waals surface area contributed by atoms with Gasteiger partial charge in [0.05, 0.1) is 19.3 Å². The van der Waals surface area contributed by atoms with Crippen molar-refractivity contribution in [1.29, 1.82) is 0 Å². The van der Waals surface area contributed by atoms with Gasteiger partial charge in [0.2, 0.25) is 0 Å². The summed E-state index contributed by atoms with van der Waals surface area (Å²) in [6.45, 7) is 2.29. The molecule has 0 aliphatic rings. The molecule has 0 radical (unpaired) electrons. The van der Waals surface area contributed by atoms with Crippen molar-refractivity contribution < 1.29 is 14.9 Å². The average molecular weight is 196 g/mol. The van der Waals surface area contributed by atoms with E-state index in [0.29, 0.717) is 18.8 Å². The molecular weight excluding hydrogens is 180 g/mol. The predicted octanol–water partition coefficient (Wildman–Crippen LogP) is 1.33. The Balaban J connectivity index is 2.47. The molecule has 1 atom stereocenters. The number of hydrogen-bond acceptors (Lipinski definition) is 3. The Bertz CT molecular complexity index is 273. The highest BCUT2D eigenvalue weighted by Crippen LogP contribution is 2.17. The van der Waals surface area contributed by atoms with Crippen molar-refractivity contribution in [2.45, 2.75) is 19.4 Å². The zero-order valence-corrected chi connectivity index (χ0v) is 8.31. The Hall–Kier alpha value is -1.06. The fourth-order valence-corrected chi connectivity index (χ4v) is 1.31. The number of phenols is 1. The Kier molecular flexibility index (Phi) is 4.43. The number of rotatable bonds is 5. The number of aliphatic hydroxyl groups is 1. The van der Waals surface area contributed by atoms with Crippen LogP contribution in [0.25, 0.3) is 0 Å². The van der Waals surface area contributed by atoms with Gasteiger partial charge >= 0.3 is 0 Å². The quantitative estimate of drug-likeness (QED) is 0.747. The zero-order valence-electron chi connectivity index (χ0n) is 8.31. The molecule has 0 heterocycles. The number of hydrogen-bond donors (Lipinski definition) is 2. The molecule has 3 nitrogen and oxygen atoms in total. The standard InChI is InChI=1S/C11H16O3/c1-9(14-7-6-12)8-10-4-2-3-5-11(10)13/h2-5,9,12-13H,6-8H2,1H3. The summed E-state index contributed by atoms with van der Waals surface area (Å²) in [5, 5.41) is 18.0. The van der Waals surface area contributed by atoms with Crippen LogP contribution in [-0.4, -0.2) is 29.5 Å². The summed E-state index contributed by atoms with van der Waals surface area (Å²) in [7, 11) is 0. The van der Waals surface area contributed by atoms with Crippen LogP contribution >= 0.6 is 0 Å². The van der Waals surface area contributed by atoms with E-state index < -0.39 is 0 Å². The maximum absolute atomic E-state index is 9.48. The van der Waals surface area contributed by atoms with Crippen molar-refractivity contribution in [2.24, 2.45) is 0 Å². The van der Waals surface area contributed by atoms with E-state index in [-0.39, 0.29) is 12.7 Å². The highest BCUT2D eigenvalue weighted by Gasteiger charge is 2.06. The van der Waals surface area contributed by atoms with Crippen LogP contribution in [0.3, 0.4) is 0 Å². The number of aromatic hydroxyl groups is 1. The highest BCUT2D eigenvalue weighted by atomic mass is 16.5. The normalized spacial score (nSPS) is 12.7. The van der Waals surface area contributed by atoms with Crippen LogP contribution in [0.1, 0.15) is 12.5 Å². The lowest BCUT2D eigenvalue weighted by molar-refractivity contribution is 0.0393. The number of ether oxygens (including phenoxy) is 1. The first-order valence-corrected chi connectivity index (χ1v) is 4.73. The van der Waals surface area contributed by atoms with E-state index in [1.807, 2.05) is 19.1 Å². The minimum absolute atomic E-state index is 0.00968. The number of aliphatic hydroxyl groups excluding tert-OH is 1. The summed E-state index contributed by atoms with van der Waals surface area (Å²) < 4.78 is 5.29. The smallest absolute Gasteiger partial charge is 0.118 e. The minimum Gasteiger partial charge on any atom is -0.508 e. The lowest BCUT2D eigenvalue weighted by Gasteiger charge is -2.12. The molecule has 1 unspecified atom stereocenters. The summed E-state index contributed by atoms with van der Waals surface area (Å²) in [6, 6.07) is 7.20. The summed E-state index contributed by atoms with van der Waals surface area (Å²) in [6.07, 6.45) is 0.669. The lowest BCUT2D eigenvalue weighted by atomic mass is 10.1. The van der Waals surface area contributed by atoms with Crippen LogP contribution in [-0.2, 0) is 11.2 Å². The first kappa shape index (κ1) is 11.0. The van der Waals surface area contributed by atoms with Gasteiger partial charge in [0, 0.05) is 6.42 Å². The van der Waals surface area contributed by atoms with Crippen molar-refractivity contribution in [3.05, 3.63) is 29.8 Å². The van der Waals surface area contributed by atoms with Crippen LogP contribution in [0.2, 0.25) is 0 Å². The minimum atomic E-state index is 0.00968. The molecule has 0 saturated heterocycles. The molecule has 0 spiro atoms. The second kappa shape index (κ2) is 5.62. The fraction of sp³-hybridized carbons (Fsp3) is 0.455. The zero-order chi connectivity index (χ0) is 10.4. The SMILES string of the molecule is CC(Cc1ccccc1O)OCCO. The molecule has 3 heteroatoms. The lowest BCUT2D eigenvalue weighted by Crippen LogP contribution is -2.14. The van der Waals surface area contributed by atoms with E-state index >= 15 is 0 Å². The van der Waals surface area contributed by atoms with Gasteiger partial charge in [-0.3, -0.25) is 0 Å². The molecule has 0 aliphatic carbocycles. The summed E-state index contributed by atoms with van der Waals surface area (Å²) >= 11 is 0. The van der Waals surface area contributed by atoms with E-state index in [9.17, 15) is 5.11 Å². The van der Waals surface area contributed by atoms with Crippen molar-refractivity contribution in [3.8, 4) is 5.75 Å².